The number of carbonyl (C=O) groups excluding carboxylic acids is 1. The van der Waals surface area contributed by atoms with Crippen molar-refractivity contribution in [2.45, 2.75) is 19.9 Å². The fraction of sp³-hybridized carbons (Fsp3) is 0.227. The van der Waals surface area contributed by atoms with E-state index in [1.807, 2.05) is 32.0 Å². The van der Waals surface area contributed by atoms with Crippen LogP contribution >= 0.6 is 0 Å². The Balaban J connectivity index is 1.51. The number of nitrogens with one attached hydrogen (secondary N) is 3. The predicted octanol–water partition coefficient (Wildman–Crippen LogP) is 3.17. The van der Waals surface area contributed by atoms with Crippen molar-refractivity contribution in [3.8, 4) is 0 Å². The maximum atomic E-state index is 13.2. The lowest BCUT2D eigenvalue weighted by atomic mass is 9.96. The highest BCUT2D eigenvalue weighted by molar-refractivity contribution is 6.06. The van der Waals surface area contributed by atoms with Crippen LogP contribution < -0.4 is 16.3 Å². The average molecular weight is 391 g/mol. The van der Waals surface area contributed by atoms with Crippen molar-refractivity contribution in [3.05, 3.63) is 76.7 Å². The monoisotopic (exact) mass is 391 g/mol. The Bertz CT molecular complexity index is 1080. The van der Waals surface area contributed by atoms with Crippen molar-refractivity contribution < 1.29 is 9.18 Å². The second-order valence-corrected chi connectivity index (χ2v) is 7.22. The summed E-state index contributed by atoms with van der Waals surface area (Å²) in [4.78, 5) is 17.3. The van der Waals surface area contributed by atoms with E-state index in [0.29, 0.717) is 12.1 Å². The fourth-order valence-electron chi connectivity index (χ4n) is 3.61. The van der Waals surface area contributed by atoms with Crippen LogP contribution in [0.5, 0.6) is 0 Å². The van der Waals surface area contributed by atoms with Gasteiger partial charge >= 0.3 is 0 Å². The van der Waals surface area contributed by atoms with Gasteiger partial charge in [0.25, 0.3) is 5.91 Å². The Hall–Kier alpha value is -3.16. The van der Waals surface area contributed by atoms with Crippen LogP contribution in [-0.4, -0.2) is 23.7 Å². The van der Waals surface area contributed by atoms with Crippen LogP contribution in [0.4, 0.5) is 4.39 Å². The zero-order chi connectivity index (χ0) is 20.4. The number of hydrazine groups is 1. The number of carbonyl (C=O) groups is 1. The first-order valence-electron chi connectivity index (χ1n) is 9.47. The quantitative estimate of drug-likeness (QED) is 0.472. The van der Waals surface area contributed by atoms with E-state index >= 15 is 0 Å². The Labute approximate surface area is 168 Å². The molecule has 0 radical (unpaired) electrons. The SMILES string of the molecule is Cc1cc(C(=O)N/N=C/C2CNNC2c2ccc(F)cc2)c2cccc(C)c2n1. The topological polar surface area (TPSA) is 78.4 Å². The first-order chi connectivity index (χ1) is 14.0. The van der Waals surface area contributed by atoms with Gasteiger partial charge in [0, 0.05) is 29.8 Å². The zero-order valence-corrected chi connectivity index (χ0v) is 16.2. The lowest BCUT2D eigenvalue weighted by molar-refractivity contribution is 0.0956. The van der Waals surface area contributed by atoms with Crippen molar-refractivity contribution in [1.82, 2.24) is 21.3 Å². The van der Waals surface area contributed by atoms with Crippen molar-refractivity contribution in [3.63, 3.8) is 0 Å². The third-order valence-corrected chi connectivity index (χ3v) is 5.10. The van der Waals surface area contributed by atoms with E-state index in [1.54, 1.807) is 24.4 Å². The van der Waals surface area contributed by atoms with Gasteiger partial charge in [-0.2, -0.15) is 5.10 Å². The minimum absolute atomic E-state index is 0.0129. The molecule has 1 saturated heterocycles. The van der Waals surface area contributed by atoms with Crippen LogP contribution in [0.3, 0.4) is 0 Å². The number of rotatable bonds is 4. The molecular formula is C22H22FN5O. The average Bonchev–Trinajstić information content (AvgIpc) is 3.17. The van der Waals surface area contributed by atoms with E-state index in [9.17, 15) is 9.18 Å². The number of aryl methyl sites for hydroxylation is 2. The van der Waals surface area contributed by atoms with Crippen molar-refractivity contribution in [2.75, 3.05) is 6.54 Å². The molecule has 1 aromatic heterocycles. The van der Waals surface area contributed by atoms with E-state index in [2.05, 4.69) is 26.4 Å². The first kappa shape index (κ1) is 19.2. The molecule has 1 amide bonds. The number of hydrogen-bond donors (Lipinski definition) is 3. The van der Waals surface area contributed by atoms with E-state index in [-0.39, 0.29) is 23.7 Å². The molecule has 7 heteroatoms. The van der Waals surface area contributed by atoms with Gasteiger partial charge in [0.05, 0.1) is 17.1 Å². The third-order valence-electron chi connectivity index (χ3n) is 5.10. The molecule has 2 unspecified atom stereocenters. The van der Waals surface area contributed by atoms with Crippen LogP contribution in [0, 0.1) is 25.6 Å². The van der Waals surface area contributed by atoms with Crippen molar-refractivity contribution in [2.24, 2.45) is 11.0 Å². The summed E-state index contributed by atoms with van der Waals surface area (Å²) in [6, 6.07) is 13.9. The highest BCUT2D eigenvalue weighted by Gasteiger charge is 2.27. The lowest BCUT2D eigenvalue weighted by Crippen LogP contribution is -2.25. The van der Waals surface area contributed by atoms with Crippen LogP contribution in [0.2, 0.25) is 0 Å². The first-order valence-corrected chi connectivity index (χ1v) is 9.47. The van der Waals surface area contributed by atoms with Crippen molar-refractivity contribution >= 4 is 23.0 Å². The van der Waals surface area contributed by atoms with Gasteiger partial charge in [0.15, 0.2) is 0 Å². The number of hydrogen-bond acceptors (Lipinski definition) is 5. The summed E-state index contributed by atoms with van der Waals surface area (Å²) in [5.74, 6) is -0.536. The number of fused-ring (bicyclic) bond motifs is 1. The molecule has 1 aliphatic rings. The van der Waals surface area contributed by atoms with Crippen LogP contribution in [0.1, 0.15) is 33.2 Å². The molecule has 3 N–H and O–H groups in total. The number of aromatic nitrogens is 1. The van der Waals surface area contributed by atoms with Gasteiger partial charge in [-0.1, -0.05) is 30.3 Å². The third kappa shape index (κ3) is 4.01. The van der Waals surface area contributed by atoms with E-state index in [4.69, 9.17) is 0 Å². The summed E-state index contributed by atoms with van der Waals surface area (Å²) in [6.45, 7) is 4.50. The van der Waals surface area contributed by atoms with Gasteiger partial charge in [0.2, 0.25) is 0 Å². The molecule has 0 bridgehead atoms. The van der Waals surface area contributed by atoms with Crippen molar-refractivity contribution in [1.29, 1.82) is 0 Å². The number of halogens is 1. The summed E-state index contributed by atoms with van der Waals surface area (Å²) in [6.07, 6.45) is 1.71. The lowest BCUT2D eigenvalue weighted by Gasteiger charge is -2.15. The summed E-state index contributed by atoms with van der Waals surface area (Å²) < 4.78 is 13.2. The van der Waals surface area contributed by atoms with Gasteiger partial charge in [-0.3, -0.25) is 15.2 Å². The zero-order valence-electron chi connectivity index (χ0n) is 16.2. The highest BCUT2D eigenvalue weighted by atomic mass is 19.1. The Morgan fingerprint density at radius 1 is 1.24 bits per heavy atom. The number of nitrogens with zero attached hydrogens (tertiary/aromatic N) is 2. The molecule has 0 saturated carbocycles. The molecule has 6 nitrogen and oxygen atoms in total. The standard InChI is InChI=1S/C22H22FN5O/c1-13-4-3-5-18-19(10-14(2)26-20(13)18)22(29)28-25-12-16-11-24-27-21(16)15-6-8-17(23)9-7-15/h3-10,12,16,21,24,27H,11H2,1-2H3,(H,28,29)/b25-12+. The highest BCUT2D eigenvalue weighted by Crippen LogP contribution is 2.24. The normalized spacial score (nSPS) is 19.1. The van der Waals surface area contributed by atoms with Gasteiger partial charge in [-0.05, 0) is 43.2 Å². The van der Waals surface area contributed by atoms with E-state index in [1.165, 1.54) is 12.1 Å². The minimum Gasteiger partial charge on any atom is -0.267 e. The summed E-state index contributed by atoms with van der Waals surface area (Å²) in [7, 11) is 0. The molecule has 29 heavy (non-hydrogen) atoms. The maximum absolute atomic E-state index is 13.2. The molecule has 0 spiro atoms. The number of pyridine rings is 1. The van der Waals surface area contributed by atoms with Gasteiger partial charge in [-0.15, -0.1) is 0 Å². The Morgan fingerprint density at radius 3 is 2.83 bits per heavy atom. The Kier molecular flexibility index (Phi) is 5.33. The molecule has 4 rings (SSSR count). The molecule has 2 atom stereocenters. The fourth-order valence-corrected chi connectivity index (χ4v) is 3.61. The summed E-state index contributed by atoms with van der Waals surface area (Å²) >= 11 is 0. The molecule has 2 heterocycles. The molecule has 1 fully saturated rings. The van der Waals surface area contributed by atoms with Gasteiger partial charge in [0.1, 0.15) is 5.82 Å². The maximum Gasteiger partial charge on any atom is 0.272 e. The van der Waals surface area contributed by atoms with Gasteiger partial charge in [-0.25, -0.2) is 15.2 Å². The van der Waals surface area contributed by atoms with Gasteiger partial charge < -0.3 is 0 Å². The molecule has 3 aromatic rings. The van der Waals surface area contributed by atoms with E-state index < -0.39 is 0 Å². The number of benzene rings is 2. The second-order valence-electron chi connectivity index (χ2n) is 7.22. The molecule has 148 valence electrons. The van der Waals surface area contributed by atoms with Crippen LogP contribution in [-0.2, 0) is 0 Å². The molecule has 2 aromatic carbocycles. The smallest absolute Gasteiger partial charge is 0.267 e. The Morgan fingerprint density at radius 2 is 2.03 bits per heavy atom. The number of amides is 1. The van der Waals surface area contributed by atoms with E-state index in [0.717, 1.165) is 27.7 Å². The van der Waals surface area contributed by atoms with Crippen LogP contribution in [0.15, 0.2) is 53.6 Å². The van der Waals surface area contributed by atoms with Crippen LogP contribution in [0.25, 0.3) is 10.9 Å². The number of hydrazone groups is 1. The second kappa shape index (κ2) is 8.06. The summed E-state index contributed by atoms with van der Waals surface area (Å²) in [5.41, 5.74) is 13.0. The summed E-state index contributed by atoms with van der Waals surface area (Å²) in [5, 5.41) is 4.99. The largest absolute Gasteiger partial charge is 0.272 e. The molecule has 0 aliphatic carbocycles. The minimum atomic E-state index is -0.278. The predicted molar refractivity (Wildman–Crippen MR) is 111 cm³/mol. The number of para-hydroxylation sites is 1. The molecular weight excluding hydrogens is 369 g/mol. The molecule has 1 aliphatic heterocycles.